The Morgan fingerprint density at radius 1 is 1.14 bits per heavy atom. The molecule has 2 aromatic rings. The van der Waals surface area contributed by atoms with E-state index in [1.807, 2.05) is 50.2 Å². The van der Waals surface area contributed by atoms with Crippen molar-refractivity contribution >= 4 is 11.9 Å². The number of carboxylic acids is 1. The highest BCUT2D eigenvalue weighted by Gasteiger charge is 2.19. The van der Waals surface area contributed by atoms with Gasteiger partial charge in [0.05, 0.1) is 0 Å². The first kappa shape index (κ1) is 15.9. The zero-order valence-electron chi connectivity index (χ0n) is 12.9. The summed E-state index contributed by atoms with van der Waals surface area (Å²) in [5.41, 5.74) is 2.79. The Labute approximate surface area is 130 Å². The number of carbonyl (C=O) groups is 1. The number of nitrogens with one attached hydrogen (secondary N) is 1. The van der Waals surface area contributed by atoms with Gasteiger partial charge in [-0.05, 0) is 24.5 Å². The third-order valence-electron chi connectivity index (χ3n) is 3.44. The van der Waals surface area contributed by atoms with Crippen LogP contribution in [-0.4, -0.2) is 27.1 Å². The molecular weight excluding hydrogens is 278 g/mol. The fraction of sp³-hybridized carbons (Fsp3) is 0.353. The summed E-state index contributed by atoms with van der Waals surface area (Å²) in [6.45, 7) is 4.04. The Kier molecular flexibility index (Phi) is 5.47. The van der Waals surface area contributed by atoms with Crippen LogP contribution >= 0.6 is 0 Å². The number of anilines is 1. The molecule has 0 aliphatic carbocycles. The summed E-state index contributed by atoms with van der Waals surface area (Å²) >= 11 is 0. The lowest BCUT2D eigenvalue weighted by molar-refractivity contribution is -0.137. The molecule has 116 valence electrons. The highest BCUT2D eigenvalue weighted by atomic mass is 16.4. The molecule has 2 rings (SSSR count). The number of hydrogen-bond donors (Lipinski definition) is 2. The van der Waals surface area contributed by atoms with Crippen molar-refractivity contribution in [2.75, 3.05) is 5.32 Å². The van der Waals surface area contributed by atoms with E-state index in [9.17, 15) is 9.90 Å². The molecule has 0 radical (unpaired) electrons. The quantitative estimate of drug-likeness (QED) is 0.822. The van der Waals surface area contributed by atoms with E-state index in [4.69, 9.17) is 0 Å². The second kappa shape index (κ2) is 7.54. The maximum Gasteiger partial charge on any atom is 0.326 e. The van der Waals surface area contributed by atoms with Crippen LogP contribution in [0.25, 0.3) is 0 Å². The smallest absolute Gasteiger partial charge is 0.326 e. The predicted octanol–water partition coefficient (Wildman–Crippen LogP) is 2.71. The molecule has 0 bridgehead atoms. The van der Waals surface area contributed by atoms with Crippen LogP contribution in [0.15, 0.2) is 36.4 Å². The maximum atomic E-state index is 11.5. The number of rotatable bonds is 7. The van der Waals surface area contributed by atoms with Crippen molar-refractivity contribution < 1.29 is 9.90 Å². The molecule has 2 N–H and O–H groups in total. The molecule has 0 amide bonds. The molecule has 0 fully saturated rings. The number of benzene rings is 1. The normalized spacial score (nSPS) is 11.9. The first-order valence-corrected chi connectivity index (χ1v) is 7.52. The van der Waals surface area contributed by atoms with Crippen molar-refractivity contribution in [2.45, 2.75) is 39.2 Å². The number of aryl methyl sites for hydroxylation is 2. The first-order valence-electron chi connectivity index (χ1n) is 7.52. The van der Waals surface area contributed by atoms with Crippen molar-refractivity contribution in [3.05, 3.63) is 53.3 Å². The summed E-state index contributed by atoms with van der Waals surface area (Å²) < 4.78 is 0. The Morgan fingerprint density at radius 3 is 2.23 bits per heavy atom. The maximum absolute atomic E-state index is 11.5. The van der Waals surface area contributed by atoms with Crippen molar-refractivity contribution in [1.82, 2.24) is 9.97 Å². The molecule has 0 saturated heterocycles. The molecular formula is C17H21N3O2. The lowest BCUT2D eigenvalue weighted by atomic mass is 10.1. The number of hydrogen-bond acceptors (Lipinski definition) is 4. The molecule has 1 aromatic carbocycles. The molecule has 1 aromatic heterocycles. The minimum atomic E-state index is -0.910. The second-order valence-corrected chi connectivity index (χ2v) is 5.11. The summed E-state index contributed by atoms with van der Waals surface area (Å²) in [5.74, 6) is -0.521. The van der Waals surface area contributed by atoms with Crippen LogP contribution in [0.1, 0.15) is 30.8 Å². The highest BCUT2D eigenvalue weighted by Crippen LogP contribution is 2.11. The molecule has 0 aliphatic rings. The van der Waals surface area contributed by atoms with E-state index >= 15 is 0 Å². The molecule has 22 heavy (non-hydrogen) atoms. The molecule has 5 heteroatoms. The predicted molar refractivity (Wildman–Crippen MR) is 86.0 cm³/mol. The standard InChI is InChI=1S/C17H21N3O2/c1-3-13-11-14(4-2)19-17(18-13)20-15(16(21)22)10-12-8-6-5-7-9-12/h5-9,11,15H,3-4,10H2,1-2H3,(H,21,22)(H,18,19,20)/t15-/m0/s1. The lowest BCUT2D eigenvalue weighted by Gasteiger charge is -2.15. The van der Waals surface area contributed by atoms with Crippen molar-refractivity contribution in [1.29, 1.82) is 0 Å². The monoisotopic (exact) mass is 299 g/mol. The van der Waals surface area contributed by atoms with Crippen molar-refractivity contribution in [3.63, 3.8) is 0 Å². The topological polar surface area (TPSA) is 75.1 Å². The van der Waals surface area contributed by atoms with Crippen LogP contribution in [0.5, 0.6) is 0 Å². The third-order valence-corrected chi connectivity index (χ3v) is 3.44. The van der Waals surface area contributed by atoms with Gasteiger partial charge in [0, 0.05) is 17.8 Å². The number of nitrogens with zero attached hydrogens (tertiary/aromatic N) is 2. The summed E-state index contributed by atoms with van der Waals surface area (Å²) in [6.07, 6.45) is 1.97. The Hall–Kier alpha value is -2.43. The zero-order chi connectivity index (χ0) is 15.9. The average molecular weight is 299 g/mol. The van der Waals surface area contributed by atoms with Crippen LogP contribution < -0.4 is 5.32 Å². The van der Waals surface area contributed by atoms with Crippen LogP contribution in [0.3, 0.4) is 0 Å². The fourth-order valence-corrected chi connectivity index (χ4v) is 2.19. The van der Waals surface area contributed by atoms with E-state index in [0.717, 1.165) is 29.8 Å². The number of carboxylic acid groups (broad SMARTS) is 1. The summed E-state index contributed by atoms with van der Waals surface area (Å²) in [6, 6.07) is 10.7. The van der Waals surface area contributed by atoms with Gasteiger partial charge >= 0.3 is 5.97 Å². The Morgan fingerprint density at radius 2 is 1.73 bits per heavy atom. The number of aromatic nitrogens is 2. The van der Waals surface area contributed by atoms with Gasteiger partial charge in [0.25, 0.3) is 0 Å². The second-order valence-electron chi connectivity index (χ2n) is 5.11. The first-order chi connectivity index (χ1) is 10.6. The Balaban J connectivity index is 2.19. The summed E-state index contributed by atoms with van der Waals surface area (Å²) in [5, 5.41) is 12.4. The average Bonchev–Trinajstić information content (AvgIpc) is 2.54. The van der Waals surface area contributed by atoms with Crippen LogP contribution in [-0.2, 0) is 24.1 Å². The lowest BCUT2D eigenvalue weighted by Crippen LogP contribution is -2.32. The molecule has 0 unspecified atom stereocenters. The van der Waals surface area contributed by atoms with Gasteiger partial charge in [0.1, 0.15) is 6.04 Å². The Bertz CT molecular complexity index is 607. The van der Waals surface area contributed by atoms with E-state index in [-0.39, 0.29) is 0 Å². The molecule has 1 atom stereocenters. The summed E-state index contributed by atoms with van der Waals surface area (Å²) in [4.78, 5) is 20.3. The van der Waals surface area contributed by atoms with Gasteiger partial charge in [-0.1, -0.05) is 44.2 Å². The van der Waals surface area contributed by atoms with Gasteiger partial charge < -0.3 is 10.4 Å². The van der Waals surface area contributed by atoms with E-state index in [0.29, 0.717) is 12.4 Å². The molecule has 0 spiro atoms. The molecule has 1 heterocycles. The van der Waals surface area contributed by atoms with Crippen LogP contribution in [0.2, 0.25) is 0 Å². The molecule has 0 saturated carbocycles. The van der Waals surface area contributed by atoms with Gasteiger partial charge in [-0.15, -0.1) is 0 Å². The number of aliphatic carboxylic acids is 1. The minimum Gasteiger partial charge on any atom is -0.480 e. The van der Waals surface area contributed by atoms with Gasteiger partial charge in [-0.3, -0.25) is 0 Å². The summed E-state index contributed by atoms with van der Waals surface area (Å²) in [7, 11) is 0. The van der Waals surface area contributed by atoms with E-state index < -0.39 is 12.0 Å². The van der Waals surface area contributed by atoms with Crippen LogP contribution in [0.4, 0.5) is 5.95 Å². The van der Waals surface area contributed by atoms with Gasteiger partial charge in [0.15, 0.2) is 0 Å². The van der Waals surface area contributed by atoms with E-state index in [2.05, 4.69) is 15.3 Å². The largest absolute Gasteiger partial charge is 0.480 e. The fourth-order valence-electron chi connectivity index (χ4n) is 2.19. The molecule has 5 nitrogen and oxygen atoms in total. The van der Waals surface area contributed by atoms with Gasteiger partial charge in [0.2, 0.25) is 5.95 Å². The SMILES string of the molecule is CCc1cc(CC)nc(N[C@@H](Cc2ccccc2)C(=O)O)n1. The zero-order valence-corrected chi connectivity index (χ0v) is 12.9. The highest BCUT2D eigenvalue weighted by molar-refractivity contribution is 5.77. The van der Waals surface area contributed by atoms with Gasteiger partial charge in [-0.25, -0.2) is 14.8 Å². The van der Waals surface area contributed by atoms with Crippen molar-refractivity contribution in [3.8, 4) is 0 Å². The van der Waals surface area contributed by atoms with Crippen molar-refractivity contribution in [2.24, 2.45) is 0 Å². The van der Waals surface area contributed by atoms with E-state index in [1.165, 1.54) is 0 Å². The minimum absolute atomic E-state index is 0.386. The van der Waals surface area contributed by atoms with Crippen LogP contribution in [0, 0.1) is 0 Å². The molecule has 0 aliphatic heterocycles. The third kappa shape index (κ3) is 4.28. The van der Waals surface area contributed by atoms with Gasteiger partial charge in [-0.2, -0.15) is 0 Å². The van der Waals surface area contributed by atoms with E-state index in [1.54, 1.807) is 0 Å².